The van der Waals surface area contributed by atoms with Crippen LogP contribution in [0.3, 0.4) is 0 Å². The Morgan fingerprint density at radius 1 is 1.22 bits per heavy atom. The quantitative estimate of drug-likeness (QED) is 0.426. The molecule has 1 aromatic heterocycles. The molecule has 2 rings (SSSR count). The monoisotopic (exact) mass is 432 g/mol. The Bertz CT molecular complexity index is 570. The van der Waals surface area contributed by atoms with E-state index in [0.717, 1.165) is 11.1 Å². The van der Waals surface area contributed by atoms with E-state index in [0.29, 0.717) is 15.8 Å². The molecule has 0 radical (unpaired) electrons. The molecule has 0 saturated heterocycles. The van der Waals surface area contributed by atoms with Gasteiger partial charge in [0.25, 0.3) is 0 Å². The van der Waals surface area contributed by atoms with Crippen molar-refractivity contribution in [3.05, 3.63) is 47.6 Å². The topological polar surface area (TPSA) is 9.23 Å². The van der Waals surface area contributed by atoms with E-state index >= 15 is 0 Å². The van der Waals surface area contributed by atoms with Gasteiger partial charge in [-0.25, -0.2) is 0 Å². The number of benzene rings is 1. The third kappa shape index (κ3) is 3.07. The Labute approximate surface area is 138 Å². The number of rotatable bonds is 3. The molecule has 1 atom stereocenters. The largest absolute Gasteiger partial charge is 0.495 e. The normalized spacial score (nSPS) is 12.5. The summed E-state index contributed by atoms with van der Waals surface area (Å²) in [5, 5.41) is 2.78. The van der Waals surface area contributed by atoms with Crippen molar-refractivity contribution in [2.75, 3.05) is 7.11 Å². The molecule has 0 aliphatic heterocycles. The van der Waals surface area contributed by atoms with Crippen LogP contribution in [-0.2, 0) is 0 Å². The van der Waals surface area contributed by atoms with Crippen LogP contribution >= 0.6 is 68.7 Å². The van der Waals surface area contributed by atoms with Gasteiger partial charge in [0.1, 0.15) is 5.75 Å². The predicted octanol–water partition coefficient (Wildman–Crippen LogP) is 6.00. The Balaban J connectivity index is 2.42. The van der Waals surface area contributed by atoms with E-state index < -0.39 is 0 Å². The summed E-state index contributed by atoms with van der Waals surface area (Å²) in [6.07, 6.45) is 0. The van der Waals surface area contributed by atoms with Crippen LogP contribution in [-0.4, -0.2) is 7.11 Å². The molecule has 1 heterocycles. The molecular weight excluding hydrogens is 425 g/mol. The van der Waals surface area contributed by atoms with Gasteiger partial charge in [0.15, 0.2) is 0 Å². The molecule has 96 valence electrons. The SMILES string of the molecule is COc1cc(Cl)c(C(Cl)c2csc(I)c2)cc1Cl. The minimum Gasteiger partial charge on any atom is -0.495 e. The van der Waals surface area contributed by atoms with Gasteiger partial charge in [-0.1, -0.05) is 23.2 Å². The minimum atomic E-state index is -0.305. The first-order valence-corrected chi connectivity index (χ1v) is 8.09. The maximum absolute atomic E-state index is 6.44. The van der Waals surface area contributed by atoms with Crippen LogP contribution in [0.15, 0.2) is 23.6 Å². The summed E-state index contributed by atoms with van der Waals surface area (Å²) in [5.41, 5.74) is 1.81. The summed E-state index contributed by atoms with van der Waals surface area (Å²) in [6, 6.07) is 5.48. The molecule has 18 heavy (non-hydrogen) atoms. The maximum Gasteiger partial charge on any atom is 0.138 e. The molecule has 0 spiro atoms. The van der Waals surface area contributed by atoms with Crippen LogP contribution in [0, 0.1) is 2.88 Å². The zero-order valence-electron chi connectivity index (χ0n) is 9.22. The average molecular weight is 434 g/mol. The van der Waals surface area contributed by atoms with Crippen LogP contribution in [0.4, 0.5) is 0 Å². The summed E-state index contributed by atoms with van der Waals surface area (Å²) in [4.78, 5) is 0. The highest BCUT2D eigenvalue weighted by Gasteiger charge is 2.18. The van der Waals surface area contributed by atoms with E-state index in [1.165, 1.54) is 2.88 Å². The molecule has 1 unspecified atom stereocenters. The molecule has 0 amide bonds. The first kappa shape index (κ1) is 14.7. The molecule has 2 aromatic rings. The second-order valence-corrected chi connectivity index (χ2v) is 7.61. The molecule has 0 N–H and O–H groups in total. The average Bonchev–Trinajstić information content (AvgIpc) is 2.77. The zero-order valence-corrected chi connectivity index (χ0v) is 14.5. The number of methoxy groups -OCH3 is 1. The third-order valence-corrected chi connectivity index (χ3v) is 5.34. The summed E-state index contributed by atoms with van der Waals surface area (Å²) >= 11 is 22.7. The Hall–Kier alpha value is 0.320. The molecule has 1 aromatic carbocycles. The molecule has 1 nitrogen and oxygen atoms in total. The van der Waals surface area contributed by atoms with Gasteiger partial charge in [-0.2, -0.15) is 0 Å². The van der Waals surface area contributed by atoms with Crippen molar-refractivity contribution in [1.82, 2.24) is 0 Å². The molecule has 0 fully saturated rings. The lowest BCUT2D eigenvalue weighted by molar-refractivity contribution is 0.415. The lowest BCUT2D eigenvalue weighted by Crippen LogP contribution is -1.94. The Morgan fingerprint density at radius 3 is 2.50 bits per heavy atom. The van der Waals surface area contributed by atoms with Gasteiger partial charge in [0.05, 0.1) is 20.4 Å². The molecule has 0 aliphatic rings. The number of hydrogen-bond acceptors (Lipinski definition) is 2. The molecule has 6 heteroatoms. The molecular formula is C12H8Cl3IOS. The minimum absolute atomic E-state index is 0.305. The van der Waals surface area contributed by atoms with Gasteiger partial charge in [-0.05, 0) is 51.2 Å². The number of alkyl halides is 1. The van der Waals surface area contributed by atoms with Gasteiger partial charge in [-0.3, -0.25) is 0 Å². The lowest BCUT2D eigenvalue weighted by atomic mass is 10.1. The Morgan fingerprint density at radius 2 is 1.94 bits per heavy atom. The summed E-state index contributed by atoms with van der Waals surface area (Å²) in [5.74, 6) is 0.550. The summed E-state index contributed by atoms with van der Waals surface area (Å²) in [7, 11) is 1.55. The maximum atomic E-state index is 6.44. The first-order valence-electron chi connectivity index (χ1n) is 4.94. The molecule has 0 saturated carbocycles. The standard InChI is InChI=1S/C12H8Cl3IOS/c1-17-10-4-8(13)7(3-9(10)14)12(15)6-2-11(16)18-5-6/h2-5,12H,1H3. The van der Waals surface area contributed by atoms with Crippen molar-refractivity contribution in [3.63, 3.8) is 0 Å². The van der Waals surface area contributed by atoms with Gasteiger partial charge in [0.2, 0.25) is 0 Å². The van der Waals surface area contributed by atoms with E-state index in [1.54, 1.807) is 30.6 Å². The van der Waals surface area contributed by atoms with Crippen molar-refractivity contribution in [3.8, 4) is 5.75 Å². The van der Waals surface area contributed by atoms with Crippen molar-refractivity contribution >= 4 is 68.7 Å². The van der Waals surface area contributed by atoms with E-state index in [9.17, 15) is 0 Å². The van der Waals surface area contributed by atoms with E-state index in [2.05, 4.69) is 22.6 Å². The second-order valence-electron chi connectivity index (χ2n) is 3.55. The van der Waals surface area contributed by atoms with Crippen LogP contribution in [0.2, 0.25) is 10.0 Å². The van der Waals surface area contributed by atoms with Gasteiger partial charge >= 0.3 is 0 Å². The van der Waals surface area contributed by atoms with Crippen molar-refractivity contribution in [2.24, 2.45) is 0 Å². The number of halogens is 4. The van der Waals surface area contributed by atoms with E-state index in [1.807, 2.05) is 11.4 Å². The smallest absolute Gasteiger partial charge is 0.138 e. The highest BCUT2D eigenvalue weighted by molar-refractivity contribution is 14.1. The fourth-order valence-corrected chi connectivity index (χ4v) is 3.88. The van der Waals surface area contributed by atoms with Crippen LogP contribution in [0.25, 0.3) is 0 Å². The first-order chi connectivity index (χ1) is 8.52. The van der Waals surface area contributed by atoms with E-state index in [-0.39, 0.29) is 5.38 Å². The van der Waals surface area contributed by atoms with Gasteiger partial charge in [-0.15, -0.1) is 22.9 Å². The van der Waals surface area contributed by atoms with Crippen molar-refractivity contribution in [1.29, 1.82) is 0 Å². The van der Waals surface area contributed by atoms with Crippen LogP contribution < -0.4 is 4.74 Å². The summed E-state index contributed by atoms with van der Waals surface area (Å²) in [6.45, 7) is 0. The fraction of sp³-hybridized carbons (Fsp3) is 0.167. The number of thiophene rings is 1. The van der Waals surface area contributed by atoms with Crippen LogP contribution in [0.1, 0.15) is 16.5 Å². The highest BCUT2D eigenvalue weighted by Crippen LogP contribution is 2.40. The zero-order chi connectivity index (χ0) is 13.3. The Kier molecular flexibility index (Phi) is 5.06. The molecule has 0 bridgehead atoms. The van der Waals surface area contributed by atoms with Gasteiger partial charge in [0, 0.05) is 11.1 Å². The predicted molar refractivity (Wildman–Crippen MR) is 87.7 cm³/mol. The van der Waals surface area contributed by atoms with Crippen molar-refractivity contribution < 1.29 is 4.74 Å². The van der Waals surface area contributed by atoms with E-state index in [4.69, 9.17) is 39.5 Å². The summed E-state index contributed by atoms with van der Waals surface area (Å²) < 4.78 is 6.30. The van der Waals surface area contributed by atoms with Gasteiger partial charge < -0.3 is 4.74 Å². The fourth-order valence-electron chi connectivity index (χ4n) is 1.53. The number of ether oxygens (including phenoxy) is 1. The lowest BCUT2D eigenvalue weighted by Gasteiger charge is -2.13. The van der Waals surface area contributed by atoms with Crippen molar-refractivity contribution in [2.45, 2.75) is 5.38 Å². The third-order valence-electron chi connectivity index (χ3n) is 2.42. The molecule has 0 aliphatic carbocycles. The number of hydrogen-bond donors (Lipinski definition) is 0. The second kappa shape index (κ2) is 6.18. The highest BCUT2D eigenvalue weighted by atomic mass is 127. The van der Waals surface area contributed by atoms with Crippen LogP contribution in [0.5, 0.6) is 5.75 Å².